The Morgan fingerprint density at radius 1 is 1.33 bits per heavy atom. The lowest BCUT2D eigenvalue weighted by molar-refractivity contribution is -0.137. The maximum Gasteiger partial charge on any atom is 0.417 e. The molecule has 0 aromatic heterocycles. The van der Waals surface area contributed by atoms with Crippen molar-refractivity contribution in [3.05, 3.63) is 34.3 Å². The van der Waals surface area contributed by atoms with E-state index in [1.807, 2.05) is 0 Å². The third-order valence-electron chi connectivity index (χ3n) is 3.02. The highest BCUT2D eigenvalue weighted by Crippen LogP contribution is 2.41. The van der Waals surface area contributed by atoms with Gasteiger partial charge in [0.15, 0.2) is 0 Å². The summed E-state index contributed by atoms with van der Waals surface area (Å²) in [5.74, 6) is 0.551. The average Bonchev–Trinajstić information content (AvgIpc) is 3.00. The van der Waals surface area contributed by atoms with Crippen LogP contribution >= 0.6 is 24.0 Å². The topological polar surface area (TPSA) is 26.0 Å². The highest BCUT2D eigenvalue weighted by molar-refractivity contribution is 6.32. The first kappa shape index (κ1) is 15.6. The van der Waals surface area contributed by atoms with Gasteiger partial charge in [0.05, 0.1) is 10.6 Å². The molecule has 0 amide bonds. The van der Waals surface area contributed by atoms with Gasteiger partial charge in [0.1, 0.15) is 0 Å². The largest absolute Gasteiger partial charge is 0.417 e. The fourth-order valence-electron chi connectivity index (χ4n) is 1.89. The minimum Gasteiger partial charge on any atom is -0.324 e. The van der Waals surface area contributed by atoms with Gasteiger partial charge in [-0.1, -0.05) is 36.6 Å². The number of hydrogen-bond acceptors (Lipinski definition) is 1. The van der Waals surface area contributed by atoms with Crippen molar-refractivity contribution >= 4 is 24.0 Å². The van der Waals surface area contributed by atoms with E-state index in [1.54, 1.807) is 6.07 Å². The van der Waals surface area contributed by atoms with E-state index < -0.39 is 17.8 Å². The van der Waals surface area contributed by atoms with Crippen molar-refractivity contribution in [3.8, 4) is 0 Å². The minimum atomic E-state index is -4.42. The summed E-state index contributed by atoms with van der Waals surface area (Å²) in [4.78, 5) is 0. The Hall–Kier alpha value is -0.450. The van der Waals surface area contributed by atoms with Gasteiger partial charge in [0, 0.05) is 6.04 Å². The zero-order chi connectivity index (χ0) is 12.6. The Kier molecular flexibility index (Phi) is 4.92. The van der Waals surface area contributed by atoms with Crippen LogP contribution in [0.15, 0.2) is 18.2 Å². The monoisotopic (exact) mass is 299 g/mol. The van der Waals surface area contributed by atoms with E-state index in [9.17, 15) is 13.2 Å². The second kappa shape index (κ2) is 5.68. The molecule has 0 aliphatic heterocycles. The predicted octanol–water partition coefficient (Wildman–Crippen LogP) is 4.58. The van der Waals surface area contributed by atoms with Crippen LogP contribution in [0, 0.1) is 5.92 Å². The molecule has 0 heterocycles. The standard InChI is InChI=1S/C12H13ClF3N.ClH/c13-11-8(10(17)6-7-4-5-7)2-1-3-9(11)12(14,15)16;/h1-3,7,10H,4-6,17H2;1H/t10-;/m1./s1. The SMILES string of the molecule is Cl.N[C@H](CC1CC1)c1cccc(C(F)(F)F)c1Cl. The zero-order valence-electron chi connectivity index (χ0n) is 9.51. The van der Waals surface area contributed by atoms with Crippen LogP contribution in [0.5, 0.6) is 0 Å². The smallest absolute Gasteiger partial charge is 0.324 e. The minimum absolute atomic E-state index is 0. The van der Waals surface area contributed by atoms with Gasteiger partial charge < -0.3 is 5.73 Å². The molecule has 1 aromatic rings. The van der Waals surface area contributed by atoms with Gasteiger partial charge in [0.2, 0.25) is 0 Å². The summed E-state index contributed by atoms with van der Waals surface area (Å²) >= 11 is 5.79. The quantitative estimate of drug-likeness (QED) is 0.868. The van der Waals surface area contributed by atoms with Gasteiger partial charge in [-0.15, -0.1) is 12.4 Å². The number of rotatable bonds is 3. The molecule has 18 heavy (non-hydrogen) atoms. The molecule has 0 bridgehead atoms. The van der Waals surface area contributed by atoms with Crippen molar-refractivity contribution < 1.29 is 13.2 Å². The Bertz CT molecular complexity index is 416. The van der Waals surface area contributed by atoms with Crippen LogP contribution in [0.1, 0.15) is 36.4 Å². The molecule has 6 heteroatoms. The van der Waals surface area contributed by atoms with Crippen molar-refractivity contribution in [1.29, 1.82) is 0 Å². The highest BCUT2D eigenvalue weighted by atomic mass is 35.5. The molecule has 1 aromatic carbocycles. The fraction of sp³-hybridized carbons (Fsp3) is 0.500. The van der Waals surface area contributed by atoms with Crippen molar-refractivity contribution in [2.24, 2.45) is 11.7 Å². The molecule has 1 aliphatic rings. The summed E-state index contributed by atoms with van der Waals surface area (Å²) in [5.41, 5.74) is 5.49. The third-order valence-corrected chi connectivity index (χ3v) is 3.44. The number of hydrogen-bond donors (Lipinski definition) is 1. The van der Waals surface area contributed by atoms with E-state index in [0.717, 1.165) is 18.9 Å². The number of benzene rings is 1. The van der Waals surface area contributed by atoms with Crippen LogP contribution in [-0.2, 0) is 6.18 Å². The highest BCUT2D eigenvalue weighted by Gasteiger charge is 2.35. The van der Waals surface area contributed by atoms with Gasteiger partial charge in [0.25, 0.3) is 0 Å². The van der Waals surface area contributed by atoms with E-state index in [4.69, 9.17) is 17.3 Å². The molecule has 2 rings (SSSR count). The first-order valence-electron chi connectivity index (χ1n) is 5.50. The van der Waals surface area contributed by atoms with E-state index in [2.05, 4.69) is 0 Å². The summed E-state index contributed by atoms with van der Waals surface area (Å²) in [6.45, 7) is 0. The number of nitrogens with two attached hydrogens (primary N) is 1. The predicted molar refractivity (Wildman–Crippen MR) is 68.0 cm³/mol. The van der Waals surface area contributed by atoms with Crippen LogP contribution in [0.25, 0.3) is 0 Å². The maximum absolute atomic E-state index is 12.6. The fourth-order valence-corrected chi connectivity index (χ4v) is 2.27. The summed E-state index contributed by atoms with van der Waals surface area (Å²) < 4.78 is 37.9. The van der Waals surface area contributed by atoms with Gasteiger partial charge in [-0.3, -0.25) is 0 Å². The Labute approximate surface area is 115 Å². The Balaban J connectivity index is 0.00000162. The lowest BCUT2D eigenvalue weighted by Gasteiger charge is -2.17. The number of halogens is 5. The summed E-state index contributed by atoms with van der Waals surface area (Å²) in [6.07, 6.45) is -1.48. The molecule has 102 valence electrons. The molecular weight excluding hydrogens is 286 g/mol. The maximum atomic E-state index is 12.6. The van der Waals surface area contributed by atoms with E-state index in [-0.39, 0.29) is 17.4 Å². The molecule has 0 unspecified atom stereocenters. The van der Waals surface area contributed by atoms with E-state index in [0.29, 0.717) is 17.9 Å². The van der Waals surface area contributed by atoms with Crippen molar-refractivity contribution in [2.75, 3.05) is 0 Å². The molecule has 0 spiro atoms. The lowest BCUT2D eigenvalue weighted by Crippen LogP contribution is -2.14. The third kappa shape index (κ3) is 3.53. The van der Waals surface area contributed by atoms with E-state index in [1.165, 1.54) is 6.07 Å². The first-order chi connectivity index (χ1) is 7.89. The Morgan fingerprint density at radius 3 is 2.44 bits per heavy atom. The zero-order valence-corrected chi connectivity index (χ0v) is 11.1. The molecule has 1 saturated carbocycles. The van der Waals surface area contributed by atoms with Crippen molar-refractivity contribution in [3.63, 3.8) is 0 Å². The van der Waals surface area contributed by atoms with Crippen LogP contribution in [0.2, 0.25) is 5.02 Å². The van der Waals surface area contributed by atoms with Gasteiger partial charge >= 0.3 is 6.18 Å². The molecule has 2 N–H and O–H groups in total. The Morgan fingerprint density at radius 2 is 1.94 bits per heavy atom. The molecule has 0 radical (unpaired) electrons. The molecule has 1 nitrogen and oxygen atoms in total. The van der Waals surface area contributed by atoms with Gasteiger partial charge in [-0.25, -0.2) is 0 Å². The lowest BCUT2D eigenvalue weighted by atomic mass is 9.99. The van der Waals surface area contributed by atoms with Crippen molar-refractivity contribution in [2.45, 2.75) is 31.5 Å². The van der Waals surface area contributed by atoms with Gasteiger partial charge in [-0.05, 0) is 24.0 Å². The molecule has 1 atom stereocenters. The summed E-state index contributed by atoms with van der Waals surface area (Å²) in [5, 5.41) is -0.256. The van der Waals surface area contributed by atoms with Crippen molar-refractivity contribution in [1.82, 2.24) is 0 Å². The van der Waals surface area contributed by atoms with Crippen LogP contribution in [0.3, 0.4) is 0 Å². The molecule has 1 fully saturated rings. The second-order valence-corrected chi connectivity index (χ2v) is 4.87. The van der Waals surface area contributed by atoms with Gasteiger partial charge in [-0.2, -0.15) is 13.2 Å². The van der Waals surface area contributed by atoms with Crippen LogP contribution in [0.4, 0.5) is 13.2 Å². The van der Waals surface area contributed by atoms with Crippen LogP contribution in [-0.4, -0.2) is 0 Å². The second-order valence-electron chi connectivity index (χ2n) is 4.49. The first-order valence-corrected chi connectivity index (χ1v) is 5.88. The summed E-state index contributed by atoms with van der Waals surface area (Å²) in [6, 6.07) is 3.51. The van der Waals surface area contributed by atoms with E-state index >= 15 is 0 Å². The molecular formula is C12H14Cl2F3N. The number of alkyl halides is 3. The normalized spacial score (nSPS) is 17.2. The average molecular weight is 300 g/mol. The molecule has 0 saturated heterocycles. The summed E-state index contributed by atoms with van der Waals surface area (Å²) in [7, 11) is 0. The van der Waals surface area contributed by atoms with Crippen LogP contribution < -0.4 is 5.73 Å². The molecule has 1 aliphatic carbocycles.